The number of aryl methyl sites for hydroxylation is 1. The highest BCUT2D eigenvalue weighted by molar-refractivity contribution is 7.87. The summed E-state index contributed by atoms with van der Waals surface area (Å²) in [5.74, 6) is 0.440. The maximum absolute atomic E-state index is 12.2. The highest BCUT2D eigenvalue weighted by atomic mass is 32.2. The van der Waals surface area contributed by atoms with E-state index in [1.807, 2.05) is 31.2 Å². The molecule has 0 fully saturated rings. The Kier molecular flexibility index (Phi) is 8.29. The van der Waals surface area contributed by atoms with E-state index in [0.717, 1.165) is 24.1 Å². The molecule has 0 aliphatic heterocycles. The van der Waals surface area contributed by atoms with E-state index in [1.165, 1.54) is 5.56 Å². The highest BCUT2D eigenvalue weighted by Crippen LogP contribution is 2.36. The average molecular weight is 418 g/mol. The zero-order valence-electron chi connectivity index (χ0n) is 18.6. The van der Waals surface area contributed by atoms with Gasteiger partial charge in [0.1, 0.15) is 5.75 Å². The summed E-state index contributed by atoms with van der Waals surface area (Å²) in [5, 5.41) is 0. The molecule has 0 saturated carbocycles. The molecule has 0 aliphatic rings. The maximum atomic E-state index is 12.2. The van der Waals surface area contributed by atoms with Crippen LogP contribution in [-0.2, 0) is 10.1 Å². The van der Waals surface area contributed by atoms with E-state index in [2.05, 4.69) is 50.8 Å². The molecule has 2 aromatic rings. The van der Waals surface area contributed by atoms with Crippen molar-refractivity contribution in [2.24, 2.45) is 0 Å². The minimum absolute atomic E-state index is 0.0508. The van der Waals surface area contributed by atoms with Gasteiger partial charge >= 0.3 is 10.1 Å². The van der Waals surface area contributed by atoms with Crippen LogP contribution >= 0.6 is 0 Å². The maximum Gasteiger partial charge on any atom is 0.308 e. The molecule has 5 heteroatoms. The van der Waals surface area contributed by atoms with Crippen LogP contribution in [0.2, 0.25) is 0 Å². The van der Waals surface area contributed by atoms with E-state index in [-0.39, 0.29) is 11.7 Å². The van der Waals surface area contributed by atoms with Crippen LogP contribution < -0.4 is 4.18 Å². The number of rotatable bonds is 10. The molecule has 2 rings (SSSR count). The zero-order valence-corrected chi connectivity index (χ0v) is 19.4. The number of hydrogen-bond donors (Lipinski definition) is 0. The quantitative estimate of drug-likeness (QED) is 0.488. The molecule has 160 valence electrons. The summed E-state index contributed by atoms with van der Waals surface area (Å²) in [4.78, 5) is 2.47. The normalized spacial score (nSPS) is 13.3. The van der Waals surface area contributed by atoms with Gasteiger partial charge in [-0.3, -0.25) is 4.90 Å². The van der Waals surface area contributed by atoms with E-state index in [1.54, 1.807) is 13.0 Å². The molecule has 0 aromatic heterocycles. The second-order valence-corrected chi connectivity index (χ2v) is 10.0. The highest BCUT2D eigenvalue weighted by Gasteiger charge is 2.23. The van der Waals surface area contributed by atoms with Gasteiger partial charge in [-0.2, -0.15) is 8.42 Å². The van der Waals surface area contributed by atoms with Gasteiger partial charge in [0.15, 0.2) is 0 Å². The monoisotopic (exact) mass is 417 g/mol. The molecule has 29 heavy (non-hydrogen) atoms. The molecular formula is C24H35NO3S. The first-order valence-corrected chi connectivity index (χ1v) is 12.1. The lowest BCUT2D eigenvalue weighted by atomic mass is 9.87. The van der Waals surface area contributed by atoms with Crippen molar-refractivity contribution in [3.63, 3.8) is 0 Å². The van der Waals surface area contributed by atoms with Crippen LogP contribution in [0.1, 0.15) is 63.6 Å². The average Bonchev–Trinajstić information content (AvgIpc) is 2.67. The van der Waals surface area contributed by atoms with Crippen LogP contribution in [0.5, 0.6) is 5.75 Å². The molecule has 0 saturated heterocycles. The fourth-order valence-electron chi connectivity index (χ4n) is 3.79. The summed E-state index contributed by atoms with van der Waals surface area (Å²) in [7, 11) is -3.59. The van der Waals surface area contributed by atoms with Gasteiger partial charge in [-0.05, 0) is 66.1 Å². The lowest BCUT2D eigenvalue weighted by molar-refractivity contribution is 0.170. The van der Waals surface area contributed by atoms with Crippen molar-refractivity contribution in [2.45, 2.75) is 66.0 Å². The number of benzene rings is 2. The van der Waals surface area contributed by atoms with E-state index in [9.17, 15) is 8.42 Å². The van der Waals surface area contributed by atoms with Gasteiger partial charge in [-0.15, -0.1) is 0 Å². The van der Waals surface area contributed by atoms with Gasteiger partial charge in [0.25, 0.3) is 0 Å². The smallest absolute Gasteiger partial charge is 0.308 e. The summed E-state index contributed by atoms with van der Waals surface area (Å²) >= 11 is 0. The van der Waals surface area contributed by atoms with Crippen molar-refractivity contribution in [1.29, 1.82) is 0 Å². The van der Waals surface area contributed by atoms with Gasteiger partial charge < -0.3 is 4.18 Å². The largest absolute Gasteiger partial charge is 0.382 e. The van der Waals surface area contributed by atoms with Crippen LogP contribution in [0, 0.1) is 6.92 Å². The molecular weight excluding hydrogens is 382 g/mol. The van der Waals surface area contributed by atoms with Crippen LogP contribution in [0.3, 0.4) is 0 Å². The second kappa shape index (κ2) is 10.3. The topological polar surface area (TPSA) is 46.6 Å². The summed E-state index contributed by atoms with van der Waals surface area (Å²) < 4.78 is 29.9. The Morgan fingerprint density at radius 1 is 0.966 bits per heavy atom. The lowest BCUT2D eigenvalue weighted by Crippen LogP contribution is -2.38. The molecule has 1 unspecified atom stereocenters. The van der Waals surface area contributed by atoms with Crippen molar-refractivity contribution in [2.75, 3.05) is 12.3 Å². The predicted octanol–water partition coefficient (Wildman–Crippen LogP) is 5.36. The van der Waals surface area contributed by atoms with Crippen LogP contribution in [-0.4, -0.2) is 37.7 Å². The Balaban J connectivity index is 2.48. The fourth-order valence-corrected chi connectivity index (χ4v) is 4.33. The molecule has 4 nitrogen and oxygen atoms in total. The van der Waals surface area contributed by atoms with E-state index < -0.39 is 10.1 Å². The van der Waals surface area contributed by atoms with Gasteiger partial charge in [-0.25, -0.2) is 0 Å². The van der Waals surface area contributed by atoms with Crippen molar-refractivity contribution < 1.29 is 12.6 Å². The molecule has 0 radical (unpaired) electrons. The summed E-state index contributed by atoms with van der Waals surface area (Å²) in [6, 6.07) is 16.9. The number of hydrogen-bond acceptors (Lipinski definition) is 4. The van der Waals surface area contributed by atoms with Gasteiger partial charge in [0, 0.05) is 23.6 Å². The zero-order chi connectivity index (χ0) is 21.6. The molecule has 2 aromatic carbocycles. The molecule has 0 spiro atoms. The predicted molar refractivity (Wildman–Crippen MR) is 121 cm³/mol. The standard InChI is InChI=1S/C24H35NO3S/c1-7-29(26,27)28-24-14-13-20(6)17-23(24)22(21-11-9-8-10-12-21)15-16-25(18(2)3)19(4)5/h8-14,17-19,22H,7,15-16H2,1-6H3. The summed E-state index contributed by atoms with van der Waals surface area (Å²) in [5.41, 5.74) is 3.19. The third-order valence-electron chi connectivity index (χ3n) is 5.32. The molecule has 0 heterocycles. The SMILES string of the molecule is CCS(=O)(=O)Oc1ccc(C)cc1C(CCN(C(C)C)C(C)C)c1ccccc1. The Labute approximate surface area is 177 Å². The molecule has 0 amide bonds. The van der Waals surface area contributed by atoms with Crippen molar-refractivity contribution >= 4 is 10.1 Å². The van der Waals surface area contributed by atoms with Crippen molar-refractivity contribution in [3.05, 3.63) is 65.2 Å². The Morgan fingerprint density at radius 2 is 1.59 bits per heavy atom. The van der Waals surface area contributed by atoms with E-state index in [0.29, 0.717) is 17.8 Å². The summed E-state index contributed by atoms with van der Waals surface area (Å²) in [6.07, 6.45) is 0.881. The molecule has 0 aliphatic carbocycles. The second-order valence-electron chi connectivity index (χ2n) is 8.15. The van der Waals surface area contributed by atoms with Gasteiger partial charge in [0.05, 0.1) is 5.75 Å². The minimum atomic E-state index is -3.59. The fraction of sp³-hybridized carbons (Fsp3) is 0.500. The third kappa shape index (κ3) is 6.58. The first-order valence-electron chi connectivity index (χ1n) is 10.5. The first kappa shape index (κ1) is 23.4. The Bertz CT molecular complexity index is 868. The van der Waals surface area contributed by atoms with Crippen LogP contribution in [0.25, 0.3) is 0 Å². The van der Waals surface area contributed by atoms with Crippen molar-refractivity contribution in [3.8, 4) is 5.75 Å². The Morgan fingerprint density at radius 3 is 2.14 bits per heavy atom. The molecule has 0 N–H and O–H groups in total. The van der Waals surface area contributed by atoms with E-state index >= 15 is 0 Å². The van der Waals surface area contributed by atoms with Crippen LogP contribution in [0.4, 0.5) is 0 Å². The molecule has 1 atom stereocenters. The van der Waals surface area contributed by atoms with Crippen LogP contribution in [0.15, 0.2) is 48.5 Å². The van der Waals surface area contributed by atoms with Crippen molar-refractivity contribution in [1.82, 2.24) is 4.90 Å². The van der Waals surface area contributed by atoms with Gasteiger partial charge in [0.2, 0.25) is 0 Å². The first-order chi connectivity index (χ1) is 13.6. The number of nitrogens with zero attached hydrogens (tertiary/aromatic N) is 1. The molecule has 0 bridgehead atoms. The van der Waals surface area contributed by atoms with Gasteiger partial charge in [-0.1, -0.05) is 48.0 Å². The lowest BCUT2D eigenvalue weighted by Gasteiger charge is -2.32. The Hall–Kier alpha value is -1.85. The summed E-state index contributed by atoms with van der Waals surface area (Å²) in [6.45, 7) is 13.4. The third-order valence-corrected chi connectivity index (χ3v) is 6.46. The van der Waals surface area contributed by atoms with E-state index in [4.69, 9.17) is 4.18 Å². The minimum Gasteiger partial charge on any atom is -0.382 e.